The molecule has 0 radical (unpaired) electrons. The Balaban J connectivity index is 1.71. The van der Waals surface area contributed by atoms with Gasteiger partial charge < -0.3 is 14.7 Å². The van der Waals surface area contributed by atoms with Gasteiger partial charge in [0.2, 0.25) is 5.95 Å². The molecule has 2 aromatic heterocycles. The molecule has 0 spiro atoms. The zero-order valence-electron chi connectivity index (χ0n) is 11.1. The van der Waals surface area contributed by atoms with Gasteiger partial charge in [0.05, 0.1) is 18.8 Å². The van der Waals surface area contributed by atoms with Gasteiger partial charge in [-0.2, -0.15) is 5.10 Å². The van der Waals surface area contributed by atoms with Crippen molar-refractivity contribution >= 4 is 5.95 Å². The van der Waals surface area contributed by atoms with Crippen molar-refractivity contribution < 1.29 is 9.84 Å². The lowest BCUT2D eigenvalue weighted by Gasteiger charge is -2.31. The van der Waals surface area contributed by atoms with E-state index in [1.807, 2.05) is 6.07 Å². The maximum atomic E-state index is 8.93. The Hall–Kier alpha value is -1.99. The summed E-state index contributed by atoms with van der Waals surface area (Å²) in [6, 6.07) is 3.74. The van der Waals surface area contributed by atoms with Crippen molar-refractivity contribution in [1.29, 1.82) is 0 Å². The maximum absolute atomic E-state index is 8.93. The molecular formula is C13H17N5O2. The van der Waals surface area contributed by atoms with E-state index < -0.39 is 0 Å². The molecular weight excluding hydrogens is 258 g/mol. The van der Waals surface area contributed by atoms with E-state index in [-0.39, 0.29) is 12.7 Å². The van der Waals surface area contributed by atoms with Gasteiger partial charge in [-0.25, -0.2) is 9.97 Å². The highest BCUT2D eigenvalue weighted by molar-refractivity contribution is 5.30. The zero-order chi connectivity index (χ0) is 13.8. The predicted molar refractivity (Wildman–Crippen MR) is 72.3 cm³/mol. The summed E-state index contributed by atoms with van der Waals surface area (Å²) >= 11 is 0. The molecule has 1 atom stereocenters. The van der Waals surface area contributed by atoms with Crippen molar-refractivity contribution in [3.8, 4) is 0 Å². The lowest BCUT2D eigenvalue weighted by atomic mass is 10.2. The molecule has 106 valence electrons. The van der Waals surface area contributed by atoms with Crippen molar-refractivity contribution in [2.45, 2.75) is 12.5 Å². The van der Waals surface area contributed by atoms with Gasteiger partial charge in [0.1, 0.15) is 6.10 Å². The molecule has 0 unspecified atom stereocenters. The third-order valence-corrected chi connectivity index (χ3v) is 3.26. The predicted octanol–water partition coefficient (Wildman–Crippen LogP) is 0.312. The summed E-state index contributed by atoms with van der Waals surface area (Å²) in [7, 11) is 0. The fourth-order valence-electron chi connectivity index (χ4n) is 2.26. The van der Waals surface area contributed by atoms with Crippen molar-refractivity contribution in [3.63, 3.8) is 0 Å². The van der Waals surface area contributed by atoms with Crippen LogP contribution in [-0.4, -0.2) is 51.6 Å². The zero-order valence-corrected chi connectivity index (χ0v) is 11.1. The third-order valence-electron chi connectivity index (χ3n) is 3.26. The number of anilines is 1. The van der Waals surface area contributed by atoms with Gasteiger partial charge in [-0.3, -0.25) is 5.10 Å². The van der Waals surface area contributed by atoms with Gasteiger partial charge in [-0.05, 0) is 12.1 Å². The van der Waals surface area contributed by atoms with Crippen molar-refractivity contribution in [2.75, 3.05) is 31.2 Å². The SMILES string of the molecule is OCCc1cc([C@H]2CN(c3ncccn3)CCO2)n[nH]1. The van der Waals surface area contributed by atoms with Crippen LogP contribution in [0.25, 0.3) is 0 Å². The minimum atomic E-state index is -0.101. The first-order valence-electron chi connectivity index (χ1n) is 6.65. The number of H-pyrrole nitrogens is 1. The third kappa shape index (κ3) is 2.78. The van der Waals surface area contributed by atoms with Crippen LogP contribution in [-0.2, 0) is 11.2 Å². The number of aliphatic hydroxyl groups excluding tert-OH is 1. The molecule has 2 N–H and O–H groups in total. The van der Waals surface area contributed by atoms with Gasteiger partial charge in [-0.15, -0.1) is 0 Å². The van der Waals surface area contributed by atoms with Crippen molar-refractivity contribution in [1.82, 2.24) is 20.2 Å². The average molecular weight is 275 g/mol. The summed E-state index contributed by atoms with van der Waals surface area (Å²) < 4.78 is 5.76. The smallest absolute Gasteiger partial charge is 0.225 e. The highest BCUT2D eigenvalue weighted by Crippen LogP contribution is 2.23. The summed E-state index contributed by atoms with van der Waals surface area (Å²) in [4.78, 5) is 10.6. The molecule has 0 amide bonds. The molecule has 1 aliphatic heterocycles. The van der Waals surface area contributed by atoms with Crippen LogP contribution >= 0.6 is 0 Å². The van der Waals surface area contributed by atoms with Crippen LogP contribution in [0, 0.1) is 0 Å². The standard InChI is InChI=1S/C13H17N5O2/c19-6-2-10-8-11(17-16-10)12-9-18(5-7-20-12)13-14-3-1-4-15-13/h1,3-4,8,12,19H,2,5-7,9H2,(H,16,17)/t12-/m1/s1. The summed E-state index contributed by atoms with van der Waals surface area (Å²) in [5.74, 6) is 0.715. The van der Waals surface area contributed by atoms with Crippen LogP contribution in [0.3, 0.4) is 0 Å². The number of aromatic nitrogens is 4. The summed E-state index contributed by atoms with van der Waals surface area (Å²) in [6.45, 7) is 2.17. The molecule has 0 bridgehead atoms. The monoisotopic (exact) mass is 275 g/mol. The number of aromatic amines is 1. The number of nitrogens with zero attached hydrogens (tertiary/aromatic N) is 4. The Morgan fingerprint density at radius 2 is 2.25 bits per heavy atom. The van der Waals surface area contributed by atoms with Crippen LogP contribution in [0.1, 0.15) is 17.5 Å². The molecule has 0 aliphatic carbocycles. The fraction of sp³-hybridized carbons (Fsp3) is 0.462. The molecule has 7 heteroatoms. The molecule has 3 heterocycles. The topological polar surface area (TPSA) is 87.2 Å². The Morgan fingerprint density at radius 1 is 1.40 bits per heavy atom. The van der Waals surface area contributed by atoms with Gasteiger partial charge in [0.15, 0.2) is 0 Å². The quantitative estimate of drug-likeness (QED) is 0.835. The second-order valence-corrected chi connectivity index (χ2v) is 4.65. The van der Waals surface area contributed by atoms with E-state index in [9.17, 15) is 0 Å². The number of rotatable bonds is 4. The highest BCUT2D eigenvalue weighted by Gasteiger charge is 2.25. The number of ether oxygens (including phenoxy) is 1. The second kappa shape index (κ2) is 5.98. The molecule has 3 rings (SSSR count). The normalized spacial score (nSPS) is 19.2. The van der Waals surface area contributed by atoms with Crippen molar-refractivity contribution in [3.05, 3.63) is 35.9 Å². The Labute approximate surface area is 116 Å². The molecule has 7 nitrogen and oxygen atoms in total. The van der Waals surface area contributed by atoms with Crippen LogP contribution < -0.4 is 4.90 Å². The van der Waals surface area contributed by atoms with Crippen LogP contribution in [0.5, 0.6) is 0 Å². The Morgan fingerprint density at radius 3 is 3.05 bits per heavy atom. The van der Waals surface area contributed by atoms with E-state index in [0.29, 0.717) is 25.5 Å². The highest BCUT2D eigenvalue weighted by atomic mass is 16.5. The molecule has 2 aromatic rings. The number of hydrogen-bond donors (Lipinski definition) is 2. The Bertz CT molecular complexity index is 545. The van der Waals surface area contributed by atoms with E-state index >= 15 is 0 Å². The molecule has 0 saturated carbocycles. The molecule has 1 fully saturated rings. The van der Waals surface area contributed by atoms with E-state index in [1.165, 1.54) is 0 Å². The summed E-state index contributed by atoms with van der Waals surface area (Å²) in [5.41, 5.74) is 1.77. The Kier molecular flexibility index (Phi) is 3.89. The molecule has 1 aliphatic rings. The van der Waals surface area contributed by atoms with E-state index in [0.717, 1.165) is 17.9 Å². The molecule has 0 aromatic carbocycles. The van der Waals surface area contributed by atoms with Crippen LogP contribution in [0.2, 0.25) is 0 Å². The van der Waals surface area contributed by atoms with Gasteiger partial charge in [0.25, 0.3) is 0 Å². The maximum Gasteiger partial charge on any atom is 0.225 e. The van der Waals surface area contributed by atoms with E-state index in [1.54, 1.807) is 18.5 Å². The van der Waals surface area contributed by atoms with Crippen molar-refractivity contribution in [2.24, 2.45) is 0 Å². The second-order valence-electron chi connectivity index (χ2n) is 4.65. The first kappa shape index (κ1) is 13.0. The van der Waals surface area contributed by atoms with Gasteiger partial charge in [-0.1, -0.05) is 0 Å². The lowest BCUT2D eigenvalue weighted by molar-refractivity contribution is 0.0364. The van der Waals surface area contributed by atoms with Gasteiger partial charge in [0, 0.05) is 37.7 Å². The summed E-state index contributed by atoms with van der Waals surface area (Å²) in [6.07, 6.45) is 3.95. The van der Waals surface area contributed by atoms with E-state index in [4.69, 9.17) is 9.84 Å². The number of aliphatic hydroxyl groups is 1. The lowest BCUT2D eigenvalue weighted by Crippen LogP contribution is -2.39. The number of hydrogen-bond acceptors (Lipinski definition) is 6. The summed E-state index contributed by atoms with van der Waals surface area (Å²) in [5, 5.41) is 16.1. The van der Waals surface area contributed by atoms with Crippen LogP contribution in [0.15, 0.2) is 24.5 Å². The minimum absolute atomic E-state index is 0.101. The largest absolute Gasteiger partial charge is 0.396 e. The first-order chi connectivity index (χ1) is 9.86. The number of nitrogens with one attached hydrogen (secondary N) is 1. The average Bonchev–Trinajstić information content (AvgIpc) is 2.97. The van der Waals surface area contributed by atoms with Crippen LogP contribution in [0.4, 0.5) is 5.95 Å². The first-order valence-corrected chi connectivity index (χ1v) is 6.65. The number of morpholine rings is 1. The minimum Gasteiger partial charge on any atom is -0.396 e. The molecule has 1 saturated heterocycles. The van der Waals surface area contributed by atoms with E-state index in [2.05, 4.69) is 25.1 Å². The fourth-order valence-corrected chi connectivity index (χ4v) is 2.26. The van der Waals surface area contributed by atoms with Gasteiger partial charge >= 0.3 is 0 Å². The molecule has 20 heavy (non-hydrogen) atoms.